The summed E-state index contributed by atoms with van der Waals surface area (Å²) in [5.41, 5.74) is 0.308. The van der Waals surface area contributed by atoms with Gasteiger partial charge < -0.3 is 14.8 Å². The van der Waals surface area contributed by atoms with Gasteiger partial charge in [0.1, 0.15) is 11.8 Å². The van der Waals surface area contributed by atoms with Crippen molar-refractivity contribution in [1.29, 1.82) is 0 Å². The molecule has 1 aromatic heterocycles. The first-order valence-corrected chi connectivity index (χ1v) is 9.42. The topological polar surface area (TPSA) is 81.7 Å². The van der Waals surface area contributed by atoms with Crippen LogP contribution in [0, 0.1) is 5.92 Å². The Kier molecular flexibility index (Phi) is 7.38. The van der Waals surface area contributed by atoms with Gasteiger partial charge in [0.05, 0.1) is 21.9 Å². The van der Waals surface area contributed by atoms with Gasteiger partial charge in [-0.05, 0) is 30.2 Å². The molecule has 2 rings (SSSR count). The number of rotatable bonds is 8. The Bertz CT molecular complexity index is 833. The number of hydrogen-bond acceptors (Lipinski definition) is 6. The van der Waals surface area contributed by atoms with Crippen molar-refractivity contribution in [2.45, 2.75) is 19.9 Å². The van der Waals surface area contributed by atoms with Crippen molar-refractivity contribution in [3.05, 3.63) is 51.2 Å². The van der Waals surface area contributed by atoms with Gasteiger partial charge >= 0.3 is 5.97 Å². The maximum absolute atomic E-state index is 12.5. The van der Waals surface area contributed by atoms with Crippen molar-refractivity contribution in [3.8, 4) is 5.75 Å². The van der Waals surface area contributed by atoms with Crippen LogP contribution in [0.15, 0.2) is 36.4 Å². The number of hydrogen-bond donors (Lipinski definition) is 1. The first-order chi connectivity index (χ1) is 12.8. The lowest BCUT2D eigenvalue weighted by Crippen LogP contribution is -2.45. The smallest absolute Gasteiger partial charge is 0.329 e. The van der Waals surface area contributed by atoms with Gasteiger partial charge in [-0.2, -0.15) is 0 Å². The second kappa shape index (κ2) is 9.53. The fourth-order valence-corrected chi connectivity index (χ4v) is 3.28. The molecule has 1 heterocycles. The first kappa shape index (κ1) is 20.9. The van der Waals surface area contributed by atoms with Crippen LogP contribution in [0.3, 0.4) is 0 Å². The highest BCUT2D eigenvalue weighted by molar-refractivity contribution is 7.18. The summed E-state index contributed by atoms with van der Waals surface area (Å²) in [6.45, 7) is 3.13. The van der Waals surface area contributed by atoms with Crippen molar-refractivity contribution in [2.24, 2.45) is 5.92 Å². The van der Waals surface area contributed by atoms with Crippen LogP contribution in [0.2, 0.25) is 4.34 Å². The Morgan fingerprint density at radius 2 is 1.85 bits per heavy atom. The summed E-state index contributed by atoms with van der Waals surface area (Å²) in [4.78, 5) is 37.4. The van der Waals surface area contributed by atoms with Crippen LogP contribution in [0.4, 0.5) is 0 Å². The van der Waals surface area contributed by atoms with Crippen molar-refractivity contribution in [3.63, 3.8) is 0 Å². The van der Waals surface area contributed by atoms with Crippen molar-refractivity contribution < 1.29 is 23.9 Å². The van der Waals surface area contributed by atoms with Gasteiger partial charge in [0, 0.05) is 0 Å². The van der Waals surface area contributed by atoms with E-state index in [4.69, 9.17) is 21.1 Å². The Morgan fingerprint density at radius 3 is 2.44 bits per heavy atom. The van der Waals surface area contributed by atoms with E-state index in [0.717, 1.165) is 11.3 Å². The average molecular weight is 410 g/mol. The monoisotopic (exact) mass is 409 g/mol. The van der Waals surface area contributed by atoms with Crippen LogP contribution in [0.25, 0.3) is 0 Å². The second-order valence-corrected chi connectivity index (χ2v) is 7.75. The van der Waals surface area contributed by atoms with Crippen LogP contribution in [-0.2, 0) is 9.53 Å². The maximum Gasteiger partial charge on any atom is 0.329 e. The molecule has 144 valence electrons. The number of ether oxygens (including phenoxy) is 2. The van der Waals surface area contributed by atoms with E-state index in [-0.39, 0.29) is 11.7 Å². The third-order valence-electron chi connectivity index (χ3n) is 3.75. The van der Waals surface area contributed by atoms with E-state index in [9.17, 15) is 14.4 Å². The Morgan fingerprint density at radius 1 is 1.15 bits per heavy atom. The molecular weight excluding hydrogens is 390 g/mol. The zero-order valence-corrected chi connectivity index (χ0v) is 16.7. The molecule has 1 atom stereocenters. The zero-order valence-electron chi connectivity index (χ0n) is 15.2. The number of carbonyl (C=O) groups excluding carboxylic acids is 3. The fourth-order valence-electron chi connectivity index (χ4n) is 2.31. The molecule has 0 aliphatic heterocycles. The van der Waals surface area contributed by atoms with Crippen LogP contribution in [0.5, 0.6) is 5.75 Å². The molecule has 1 amide bonds. The molecule has 0 bridgehead atoms. The summed E-state index contributed by atoms with van der Waals surface area (Å²) in [6, 6.07) is 8.97. The molecule has 0 unspecified atom stereocenters. The largest absolute Gasteiger partial charge is 0.496 e. The quantitative estimate of drug-likeness (QED) is 0.532. The highest BCUT2D eigenvalue weighted by Crippen LogP contribution is 2.22. The summed E-state index contributed by atoms with van der Waals surface area (Å²) in [7, 11) is 1.46. The van der Waals surface area contributed by atoms with E-state index < -0.39 is 24.5 Å². The van der Waals surface area contributed by atoms with E-state index in [2.05, 4.69) is 5.32 Å². The van der Waals surface area contributed by atoms with Gasteiger partial charge in [0.15, 0.2) is 6.61 Å². The minimum absolute atomic E-state index is 0.234. The third kappa shape index (κ3) is 5.55. The Balaban J connectivity index is 2.02. The van der Waals surface area contributed by atoms with E-state index >= 15 is 0 Å². The van der Waals surface area contributed by atoms with E-state index in [0.29, 0.717) is 20.5 Å². The van der Waals surface area contributed by atoms with E-state index in [1.54, 1.807) is 50.2 Å². The number of thiophene rings is 1. The zero-order chi connectivity index (χ0) is 20.0. The number of halogens is 1. The summed E-state index contributed by atoms with van der Waals surface area (Å²) in [5.74, 6) is -1.32. The molecule has 1 aromatic carbocycles. The number of ketones is 1. The summed E-state index contributed by atoms with van der Waals surface area (Å²) in [6.07, 6.45) is 0. The molecule has 0 aliphatic carbocycles. The molecular formula is C19H20ClNO5S. The molecule has 0 aliphatic rings. The summed E-state index contributed by atoms with van der Waals surface area (Å²) < 4.78 is 10.8. The van der Waals surface area contributed by atoms with Crippen LogP contribution in [-0.4, -0.2) is 37.4 Å². The number of para-hydroxylation sites is 1. The second-order valence-electron chi connectivity index (χ2n) is 6.03. The molecule has 0 saturated heterocycles. The molecule has 0 spiro atoms. The van der Waals surface area contributed by atoms with Gasteiger partial charge in [-0.1, -0.05) is 37.6 Å². The SMILES string of the molecule is COc1ccccc1C(=O)N[C@H](C(=O)OCC(=O)c1ccc(Cl)s1)C(C)C. The predicted molar refractivity (Wildman–Crippen MR) is 104 cm³/mol. The Labute approximate surface area is 166 Å². The van der Waals surface area contributed by atoms with Gasteiger partial charge in [0.25, 0.3) is 5.91 Å². The molecule has 0 radical (unpaired) electrons. The minimum Gasteiger partial charge on any atom is -0.496 e. The molecule has 6 nitrogen and oxygen atoms in total. The highest BCUT2D eigenvalue weighted by atomic mass is 35.5. The lowest BCUT2D eigenvalue weighted by molar-refractivity contribution is -0.145. The fraction of sp³-hybridized carbons (Fsp3) is 0.316. The van der Waals surface area contributed by atoms with Crippen molar-refractivity contribution in [1.82, 2.24) is 5.32 Å². The lowest BCUT2D eigenvalue weighted by Gasteiger charge is -2.21. The maximum atomic E-state index is 12.5. The van der Waals surface area contributed by atoms with Gasteiger partial charge in [-0.25, -0.2) is 4.79 Å². The molecule has 2 aromatic rings. The molecule has 27 heavy (non-hydrogen) atoms. The van der Waals surface area contributed by atoms with E-state index in [1.807, 2.05) is 0 Å². The van der Waals surface area contributed by atoms with Gasteiger partial charge in [0.2, 0.25) is 5.78 Å². The Hall–Kier alpha value is -2.38. The predicted octanol–water partition coefficient (Wildman–Crippen LogP) is 3.59. The number of benzene rings is 1. The first-order valence-electron chi connectivity index (χ1n) is 8.22. The van der Waals surface area contributed by atoms with Crippen LogP contribution >= 0.6 is 22.9 Å². The molecule has 0 fully saturated rings. The number of amides is 1. The van der Waals surface area contributed by atoms with Crippen molar-refractivity contribution >= 4 is 40.6 Å². The molecule has 0 saturated carbocycles. The van der Waals surface area contributed by atoms with Crippen LogP contribution in [0.1, 0.15) is 33.9 Å². The minimum atomic E-state index is -0.901. The van der Waals surface area contributed by atoms with E-state index in [1.165, 1.54) is 7.11 Å². The van der Waals surface area contributed by atoms with Crippen LogP contribution < -0.4 is 10.1 Å². The number of esters is 1. The molecule has 8 heteroatoms. The lowest BCUT2D eigenvalue weighted by atomic mass is 10.0. The average Bonchev–Trinajstić information content (AvgIpc) is 3.09. The standard InChI is InChI=1S/C19H20ClNO5S/c1-11(2)17(21-18(23)12-6-4-5-7-14(12)25-3)19(24)26-10-13(22)15-8-9-16(20)27-15/h4-9,11,17H,10H2,1-3H3,(H,21,23)/t17-/m0/s1. The number of Topliss-reactive ketones (excluding diaryl/α,β-unsaturated/α-hetero) is 1. The summed E-state index contributed by atoms with van der Waals surface area (Å²) >= 11 is 6.92. The number of methoxy groups -OCH3 is 1. The summed E-state index contributed by atoms with van der Waals surface area (Å²) in [5, 5.41) is 2.65. The van der Waals surface area contributed by atoms with Gasteiger partial charge in [-0.15, -0.1) is 11.3 Å². The van der Waals surface area contributed by atoms with Gasteiger partial charge in [-0.3, -0.25) is 9.59 Å². The normalized spacial score (nSPS) is 11.7. The number of carbonyl (C=O) groups is 3. The molecule has 1 N–H and O–H groups in total. The third-order valence-corrected chi connectivity index (χ3v) is 5.02. The number of nitrogens with one attached hydrogen (secondary N) is 1. The highest BCUT2D eigenvalue weighted by Gasteiger charge is 2.28. The van der Waals surface area contributed by atoms with Crippen molar-refractivity contribution in [2.75, 3.05) is 13.7 Å².